The number of rotatable bonds is 17. The van der Waals surface area contributed by atoms with Gasteiger partial charge in [0.1, 0.15) is 5.57 Å². The van der Waals surface area contributed by atoms with Gasteiger partial charge < -0.3 is 5.53 Å². The van der Waals surface area contributed by atoms with Crippen LogP contribution in [0.15, 0.2) is 59.7 Å². The van der Waals surface area contributed by atoms with Gasteiger partial charge in [0.15, 0.2) is 0 Å². The van der Waals surface area contributed by atoms with Crippen molar-refractivity contribution in [2.75, 3.05) is 0 Å². The van der Waals surface area contributed by atoms with E-state index < -0.39 is 0 Å². The Balaban J connectivity index is 2.04. The average molecular weight is 537 g/mol. The summed E-state index contributed by atoms with van der Waals surface area (Å²) in [5.74, 6) is 7.03. The average Bonchev–Trinajstić information content (AvgIpc) is 3.25. The van der Waals surface area contributed by atoms with Crippen molar-refractivity contribution in [1.82, 2.24) is 0 Å². The maximum atomic E-state index is 11.9. The van der Waals surface area contributed by atoms with E-state index in [2.05, 4.69) is 88.1 Å². The van der Waals surface area contributed by atoms with Crippen LogP contribution in [0.2, 0.25) is 0 Å². The van der Waals surface area contributed by atoms with E-state index in [1.54, 1.807) is 0 Å². The standard InChI is InChI=1S/C38H52N2/c1-5-9-13-16-21-31-23-19-25-33(29-31)37-35(27-12-8-4)36(28-18-15-11-7-3)38(40(37)39)34-26-20-24-32(30-34)22-17-14-10-6-2/h19-20,23-26,29-30H,5-17,21-22,27H2,1-4H3. The Hall–Kier alpha value is -2.92. The third-order valence-electron chi connectivity index (χ3n) is 7.94. The molecule has 0 saturated carbocycles. The summed E-state index contributed by atoms with van der Waals surface area (Å²) in [5, 5.41) is 0. The van der Waals surface area contributed by atoms with Gasteiger partial charge in [-0.3, -0.25) is 0 Å². The zero-order valence-electron chi connectivity index (χ0n) is 25.8. The Morgan fingerprint density at radius 3 is 1.70 bits per heavy atom. The predicted molar refractivity (Wildman–Crippen MR) is 173 cm³/mol. The van der Waals surface area contributed by atoms with Crippen molar-refractivity contribution in [3.63, 3.8) is 0 Å². The third kappa shape index (κ3) is 9.05. The van der Waals surface area contributed by atoms with Gasteiger partial charge in [-0.2, -0.15) is 0 Å². The first kappa shape index (κ1) is 31.6. The summed E-state index contributed by atoms with van der Waals surface area (Å²) in [4.78, 5) is 0. The Bertz CT molecular complexity index is 1220. The second kappa shape index (κ2) is 17.7. The van der Waals surface area contributed by atoms with E-state index in [0.717, 1.165) is 79.5 Å². The van der Waals surface area contributed by atoms with Gasteiger partial charge in [0, 0.05) is 23.1 Å². The van der Waals surface area contributed by atoms with Crippen molar-refractivity contribution in [3.8, 4) is 11.8 Å². The quantitative estimate of drug-likeness (QED) is 0.109. The maximum Gasteiger partial charge on any atom is 0.223 e. The van der Waals surface area contributed by atoms with Crippen LogP contribution in [0, 0.1) is 11.8 Å². The zero-order valence-corrected chi connectivity index (χ0v) is 25.8. The highest BCUT2D eigenvalue weighted by molar-refractivity contribution is 5.85. The SMILES string of the molecule is CCCCC#CC1=C(c2cccc(CCCCCC)c2)[N+](=[N-])C(c2cccc(CCCCCC)c2)=C1CCCC. The molecular weight excluding hydrogens is 484 g/mol. The molecule has 0 atom stereocenters. The minimum absolute atomic E-state index is 0.855. The van der Waals surface area contributed by atoms with Crippen molar-refractivity contribution in [1.29, 1.82) is 0 Å². The molecule has 0 amide bonds. The molecule has 0 aliphatic carbocycles. The lowest BCUT2D eigenvalue weighted by Gasteiger charge is -2.11. The molecule has 0 saturated heterocycles. The monoisotopic (exact) mass is 536 g/mol. The van der Waals surface area contributed by atoms with Crippen molar-refractivity contribution < 1.29 is 4.70 Å². The van der Waals surface area contributed by atoms with Crippen molar-refractivity contribution >= 4 is 11.4 Å². The van der Waals surface area contributed by atoms with Crippen molar-refractivity contribution in [2.45, 2.75) is 130 Å². The van der Waals surface area contributed by atoms with Crippen molar-refractivity contribution in [2.24, 2.45) is 0 Å². The first-order valence-electron chi connectivity index (χ1n) is 16.3. The number of allylic oxidation sites excluding steroid dienone is 2. The molecule has 0 radical (unpaired) electrons. The van der Waals surface area contributed by atoms with Crippen LogP contribution in [0.5, 0.6) is 0 Å². The first-order valence-corrected chi connectivity index (χ1v) is 16.3. The van der Waals surface area contributed by atoms with E-state index in [0.29, 0.717) is 0 Å². The Morgan fingerprint density at radius 2 is 1.15 bits per heavy atom. The van der Waals surface area contributed by atoms with Gasteiger partial charge >= 0.3 is 0 Å². The summed E-state index contributed by atoms with van der Waals surface area (Å²) < 4.78 is 1.47. The van der Waals surface area contributed by atoms with Gasteiger partial charge in [-0.15, -0.1) is 0 Å². The van der Waals surface area contributed by atoms with Gasteiger partial charge in [0.2, 0.25) is 11.4 Å². The minimum Gasteiger partial charge on any atom is -0.493 e. The fraction of sp³-hybridized carbons (Fsp3) is 0.526. The molecule has 40 heavy (non-hydrogen) atoms. The van der Waals surface area contributed by atoms with Gasteiger partial charge in [-0.05, 0) is 80.3 Å². The molecule has 2 aromatic rings. The summed E-state index contributed by atoms with van der Waals surface area (Å²) >= 11 is 0. The van der Waals surface area contributed by atoms with E-state index in [-0.39, 0.29) is 0 Å². The Morgan fingerprint density at radius 1 is 0.600 bits per heavy atom. The zero-order chi connectivity index (χ0) is 28.6. The predicted octanol–water partition coefficient (Wildman–Crippen LogP) is 11.5. The molecule has 1 aliphatic heterocycles. The smallest absolute Gasteiger partial charge is 0.223 e. The summed E-state index contributed by atoms with van der Waals surface area (Å²) in [6.45, 7) is 8.97. The Labute approximate surface area is 245 Å². The fourth-order valence-electron chi connectivity index (χ4n) is 5.58. The van der Waals surface area contributed by atoms with Crippen LogP contribution in [0.25, 0.3) is 16.9 Å². The summed E-state index contributed by atoms with van der Waals surface area (Å²) in [5.41, 5.74) is 20.8. The molecule has 2 nitrogen and oxygen atoms in total. The normalized spacial score (nSPS) is 13.2. The third-order valence-corrected chi connectivity index (χ3v) is 7.94. The molecule has 0 aromatic heterocycles. The van der Waals surface area contributed by atoms with Gasteiger partial charge in [-0.1, -0.05) is 115 Å². The van der Waals surface area contributed by atoms with Crippen LogP contribution in [0.1, 0.15) is 140 Å². The topological polar surface area (TPSA) is 25.3 Å². The lowest BCUT2D eigenvalue weighted by molar-refractivity contribution is -0.345. The fourth-order valence-corrected chi connectivity index (χ4v) is 5.58. The first-order chi connectivity index (χ1) is 19.6. The molecule has 0 N–H and O–H groups in total. The molecule has 1 heterocycles. The van der Waals surface area contributed by atoms with Crippen LogP contribution < -0.4 is 0 Å². The number of unbranched alkanes of at least 4 members (excludes halogenated alkanes) is 9. The van der Waals surface area contributed by atoms with E-state index in [4.69, 9.17) is 0 Å². The van der Waals surface area contributed by atoms with Gasteiger partial charge in [-0.25, -0.2) is 4.70 Å². The van der Waals surface area contributed by atoms with E-state index in [9.17, 15) is 5.53 Å². The second-order valence-corrected chi connectivity index (χ2v) is 11.4. The number of hydrogen-bond acceptors (Lipinski definition) is 0. The van der Waals surface area contributed by atoms with E-state index in [1.807, 2.05) is 0 Å². The lowest BCUT2D eigenvalue weighted by Crippen LogP contribution is -2.03. The molecule has 0 spiro atoms. The summed E-state index contributed by atoms with van der Waals surface area (Å²) in [6.07, 6.45) is 18.5. The minimum atomic E-state index is 0.855. The number of benzene rings is 2. The molecule has 0 fully saturated rings. The molecule has 0 bridgehead atoms. The molecule has 0 unspecified atom stereocenters. The second-order valence-electron chi connectivity index (χ2n) is 11.4. The molecule has 3 rings (SSSR count). The highest BCUT2D eigenvalue weighted by Crippen LogP contribution is 2.42. The van der Waals surface area contributed by atoms with E-state index in [1.165, 1.54) is 72.8 Å². The lowest BCUT2D eigenvalue weighted by atomic mass is 9.94. The van der Waals surface area contributed by atoms with Crippen LogP contribution in [-0.2, 0) is 12.8 Å². The van der Waals surface area contributed by atoms with Crippen LogP contribution in [-0.4, -0.2) is 4.70 Å². The van der Waals surface area contributed by atoms with Gasteiger partial charge in [0.05, 0.1) is 0 Å². The highest BCUT2D eigenvalue weighted by Gasteiger charge is 2.35. The van der Waals surface area contributed by atoms with Crippen LogP contribution >= 0.6 is 0 Å². The summed E-state index contributed by atoms with van der Waals surface area (Å²) in [7, 11) is 0. The molecular formula is C38H52N2. The molecule has 214 valence electrons. The highest BCUT2D eigenvalue weighted by atomic mass is 15.2. The molecule has 1 aliphatic rings. The maximum absolute atomic E-state index is 11.9. The van der Waals surface area contributed by atoms with Crippen LogP contribution in [0.4, 0.5) is 0 Å². The number of hydrogen-bond donors (Lipinski definition) is 0. The van der Waals surface area contributed by atoms with Gasteiger partial charge in [0.25, 0.3) is 0 Å². The number of aryl methyl sites for hydroxylation is 2. The summed E-state index contributed by atoms with van der Waals surface area (Å²) in [6, 6.07) is 17.7. The van der Waals surface area contributed by atoms with E-state index >= 15 is 0 Å². The molecule has 2 aromatic carbocycles. The Kier molecular flexibility index (Phi) is 14.0. The van der Waals surface area contributed by atoms with Crippen LogP contribution in [0.3, 0.4) is 0 Å². The molecule has 2 heteroatoms. The number of nitrogens with zero attached hydrogens (tertiary/aromatic N) is 2. The largest absolute Gasteiger partial charge is 0.493 e. The van der Waals surface area contributed by atoms with Crippen molar-refractivity contribution in [3.05, 3.63) is 87.5 Å².